The van der Waals surface area contributed by atoms with E-state index in [4.69, 9.17) is 4.74 Å². The molecule has 0 aliphatic carbocycles. The Labute approximate surface area is 208 Å². The minimum Gasteiger partial charge on any atom is -0.469 e. The van der Waals surface area contributed by atoms with Gasteiger partial charge in [-0.2, -0.15) is 5.10 Å². The Morgan fingerprint density at radius 2 is 1.69 bits per heavy atom. The van der Waals surface area contributed by atoms with E-state index in [-0.39, 0.29) is 18.7 Å². The lowest BCUT2D eigenvalue weighted by Crippen LogP contribution is -2.41. The molecule has 36 heavy (non-hydrogen) atoms. The minimum absolute atomic E-state index is 0.0445. The molecular weight excluding hydrogens is 464 g/mol. The van der Waals surface area contributed by atoms with Crippen molar-refractivity contribution in [2.45, 2.75) is 32.7 Å². The molecule has 10 nitrogen and oxygen atoms in total. The number of amides is 2. The number of rotatable bonds is 9. The molecule has 10 heteroatoms. The zero-order valence-electron chi connectivity index (χ0n) is 20.5. The molecular formula is C26H28N4O6. The Bertz CT molecular complexity index is 1270. The third-order valence-corrected chi connectivity index (χ3v) is 5.52. The van der Waals surface area contributed by atoms with Crippen LogP contribution in [0, 0.1) is 13.8 Å². The first-order valence-corrected chi connectivity index (χ1v) is 11.2. The molecule has 1 atom stereocenters. The number of carbonyl (C=O) groups excluding carboxylic acids is 4. The largest absolute Gasteiger partial charge is 0.469 e. The number of esters is 2. The normalized spacial score (nSPS) is 11.3. The van der Waals surface area contributed by atoms with E-state index < -0.39 is 23.9 Å². The van der Waals surface area contributed by atoms with Crippen molar-refractivity contribution < 1.29 is 28.7 Å². The van der Waals surface area contributed by atoms with Gasteiger partial charge in [0.05, 0.1) is 38.0 Å². The zero-order chi connectivity index (χ0) is 26.2. The highest BCUT2D eigenvalue weighted by Gasteiger charge is 2.23. The van der Waals surface area contributed by atoms with E-state index in [1.54, 1.807) is 41.2 Å². The monoisotopic (exact) mass is 492 g/mol. The summed E-state index contributed by atoms with van der Waals surface area (Å²) < 4.78 is 10.9. The molecule has 0 aliphatic heterocycles. The van der Waals surface area contributed by atoms with Crippen LogP contribution in [0.25, 0.3) is 5.69 Å². The zero-order valence-corrected chi connectivity index (χ0v) is 20.5. The van der Waals surface area contributed by atoms with E-state index in [0.717, 1.165) is 11.1 Å². The standard InChI is InChI=1S/C26H28N4O6/c1-16-5-10-21(17(2)13-16)25(33)28-19-14-27-30(15-19)20-8-6-18(7-9-20)24(32)29-22(26(34)36-4)11-12-23(31)35-3/h5-10,13-15,22H,11-12H2,1-4H3,(H,28,33)(H,29,32)/t22-/m0/s1. The molecule has 2 aromatic carbocycles. The fourth-order valence-corrected chi connectivity index (χ4v) is 3.56. The lowest BCUT2D eigenvalue weighted by atomic mass is 10.1. The quantitative estimate of drug-likeness (QED) is 0.440. The van der Waals surface area contributed by atoms with Gasteiger partial charge in [-0.25, -0.2) is 9.48 Å². The summed E-state index contributed by atoms with van der Waals surface area (Å²) in [6.07, 6.45) is 3.20. The fraction of sp³-hybridized carbons (Fsp3) is 0.269. The number of methoxy groups -OCH3 is 2. The molecule has 0 spiro atoms. The van der Waals surface area contributed by atoms with Crippen molar-refractivity contribution in [2.24, 2.45) is 0 Å². The molecule has 0 unspecified atom stereocenters. The third-order valence-electron chi connectivity index (χ3n) is 5.52. The van der Waals surface area contributed by atoms with Crippen LogP contribution in [0.15, 0.2) is 54.9 Å². The highest BCUT2D eigenvalue weighted by atomic mass is 16.5. The Balaban J connectivity index is 1.65. The van der Waals surface area contributed by atoms with Gasteiger partial charge in [0.1, 0.15) is 6.04 Å². The molecule has 188 valence electrons. The number of aryl methyl sites for hydroxylation is 2. The molecule has 0 radical (unpaired) electrons. The first kappa shape index (κ1) is 26.1. The van der Waals surface area contributed by atoms with E-state index >= 15 is 0 Å². The van der Waals surface area contributed by atoms with Gasteiger partial charge in [0, 0.05) is 17.5 Å². The van der Waals surface area contributed by atoms with Crippen molar-refractivity contribution >= 4 is 29.4 Å². The van der Waals surface area contributed by atoms with Crippen LogP contribution in [0.3, 0.4) is 0 Å². The molecule has 3 rings (SSSR count). The van der Waals surface area contributed by atoms with Crippen LogP contribution in [0.5, 0.6) is 0 Å². The van der Waals surface area contributed by atoms with Crippen molar-refractivity contribution in [3.05, 3.63) is 77.1 Å². The highest BCUT2D eigenvalue weighted by Crippen LogP contribution is 2.16. The first-order chi connectivity index (χ1) is 17.2. The maximum absolute atomic E-state index is 12.6. The number of benzene rings is 2. The van der Waals surface area contributed by atoms with Crippen molar-refractivity contribution in [1.29, 1.82) is 0 Å². The maximum Gasteiger partial charge on any atom is 0.328 e. The molecule has 2 amide bonds. The van der Waals surface area contributed by atoms with Crippen LogP contribution < -0.4 is 10.6 Å². The second kappa shape index (κ2) is 11.8. The molecule has 0 saturated carbocycles. The number of ether oxygens (including phenoxy) is 2. The van der Waals surface area contributed by atoms with Crippen molar-refractivity contribution in [2.75, 3.05) is 19.5 Å². The summed E-state index contributed by atoms with van der Waals surface area (Å²) in [4.78, 5) is 48.6. The van der Waals surface area contributed by atoms with Gasteiger partial charge >= 0.3 is 11.9 Å². The summed E-state index contributed by atoms with van der Waals surface area (Å²) in [7, 11) is 2.45. The molecule has 0 saturated heterocycles. The summed E-state index contributed by atoms with van der Waals surface area (Å²) in [6.45, 7) is 3.85. The number of anilines is 1. The average molecular weight is 493 g/mol. The molecule has 3 aromatic rings. The fourth-order valence-electron chi connectivity index (χ4n) is 3.56. The Morgan fingerprint density at radius 1 is 0.972 bits per heavy atom. The topological polar surface area (TPSA) is 129 Å². The second-order valence-corrected chi connectivity index (χ2v) is 8.16. The Morgan fingerprint density at radius 3 is 2.33 bits per heavy atom. The third kappa shape index (κ3) is 6.56. The van der Waals surface area contributed by atoms with Crippen LogP contribution in [-0.4, -0.2) is 53.8 Å². The number of nitrogens with zero attached hydrogens (tertiary/aromatic N) is 2. The first-order valence-electron chi connectivity index (χ1n) is 11.2. The summed E-state index contributed by atoms with van der Waals surface area (Å²) in [6, 6.07) is 11.1. The number of nitrogens with one attached hydrogen (secondary N) is 2. The molecule has 0 fully saturated rings. The van der Waals surface area contributed by atoms with Crippen molar-refractivity contribution in [3.63, 3.8) is 0 Å². The maximum atomic E-state index is 12.6. The Kier molecular flexibility index (Phi) is 8.56. The van der Waals surface area contributed by atoms with Crippen molar-refractivity contribution in [3.8, 4) is 5.69 Å². The molecule has 0 aliphatic rings. The smallest absolute Gasteiger partial charge is 0.328 e. The van der Waals surface area contributed by atoms with E-state index in [1.165, 1.54) is 20.4 Å². The van der Waals surface area contributed by atoms with E-state index in [9.17, 15) is 19.2 Å². The summed E-state index contributed by atoms with van der Waals surface area (Å²) in [5.74, 6) is -1.88. The van der Waals surface area contributed by atoms with E-state index in [2.05, 4.69) is 20.5 Å². The van der Waals surface area contributed by atoms with E-state index in [0.29, 0.717) is 22.5 Å². The van der Waals surface area contributed by atoms with Crippen LogP contribution >= 0.6 is 0 Å². The predicted molar refractivity (Wildman–Crippen MR) is 132 cm³/mol. The lowest BCUT2D eigenvalue weighted by Gasteiger charge is -2.16. The van der Waals surface area contributed by atoms with Crippen molar-refractivity contribution in [1.82, 2.24) is 15.1 Å². The molecule has 2 N–H and O–H groups in total. The minimum atomic E-state index is -0.990. The highest BCUT2D eigenvalue weighted by molar-refractivity contribution is 6.05. The van der Waals surface area contributed by atoms with Gasteiger partial charge in [0.15, 0.2) is 0 Å². The predicted octanol–water partition coefficient (Wildman–Crippen LogP) is 2.97. The van der Waals surface area contributed by atoms with Gasteiger partial charge in [0.25, 0.3) is 11.8 Å². The van der Waals surface area contributed by atoms with Gasteiger partial charge in [-0.05, 0) is 56.2 Å². The van der Waals surface area contributed by atoms with Crippen LogP contribution in [0.1, 0.15) is 44.7 Å². The van der Waals surface area contributed by atoms with Crippen LogP contribution in [0.4, 0.5) is 5.69 Å². The second-order valence-electron chi connectivity index (χ2n) is 8.16. The number of hydrogen-bond donors (Lipinski definition) is 2. The molecule has 0 bridgehead atoms. The molecule has 1 aromatic heterocycles. The van der Waals surface area contributed by atoms with Gasteiger partial charge in [0.2, 0.25) is 0 Å². The van der Waals surface area contributed by atoms with Crippen LogP contribution in [0.2, 0.25) is 0 Å². The number of carbonyl (C=O) groups is 4. The number of aromatic nitrogens is 2. The summed E-state index contributed by atoms with van der Waals surface area (Å²) >= 11 is 0. The van der Waals surface area contributed by atoms with Gasteiger partial charge in [-0.1, -0.05) is 17.7 Å². The summed E-state index contributed by atoms with van der Waals surface area (Å²) in [5, 5.41) is 9.69. The van der Waals surface area contributed by atoms with Gasteiger partial charge in [-0.3, -0.25) is 14.4 Å². The van der Waals surface area contributed by atoms with E-state index in [1.807, 2.05) is 26.0 Å². The summed E-state index contributed by atoms with van der Waals surface area (Å²) in [5.41, 5.74) is 4.04. The van der Waals surface area contributed by atoms with Gasteiger partial charge in [-0.15, -0.1) is 0 Å². The number of hydrogen-bond acceptors (Lipinski definition) is 7. The SMILES string of the molecule is COC(=O)CC[C@H](NC(=O)c1ccc(-n2cc(NC(=O)c3ccc(C)cc3C)cn2)cc1)C(=O)OC. The average Bonchev–Trinajstić information content (AvgIpc) is 3.33. The van der Waals surface area contributed by atoms with Gasteiger partial charge < -0.3 is 20.1 Å². The van der Waals surface area contributed by atoms with Crippen LogP contribution in [-0.2, 0) is 19.1 Å². The Hall–Kier alpha value is -4.47. The lowest BCUT2D eigenvalue weighted by molar-refractivity contribution is -0.144. The molecule has 1 heterocycles.